The van der Waals surface area contributed by atoms with Crippen molar-refractivity contribution in [3.05, 3.63) is 23.3 Å². The SMILES string of the molecule is CC(C)CCOC(=O)C1=C(C(=O)OCCC(C)C)CC=CC1. The highest BCUT2D eigenvalue weighted by Gasteiger charge is 2.23. The molecule has 124 valence electrons. The minimum absolute atomic E-state index is 0.388. The third-order valence-electron chi connectivity index (χ3n) is 3.52. The number of esters is 2. The van der Waals surface area contributed by atoms with Crippen LogP contribution < -0.4 is 0 Å². The van der Waals surface area contributed by atoms with Crippen LogP contribution in [0.5, 0.6) is 0 Å². The van der Waals surface area contributed by atoms with Gasteiger partial charge in [-0.3, -0.25) is 0 Å². The Kier molecular flexibility index (Phi) is 7.92. The van der Waals surface area contributed by atoms with Gasteiger partial charge in [-0.05, 0) is 37.5 Å². The molecule has 0 saturated heterocycles. The normalized spacial score (nSPS) is 14.6. The van der Waals surface area contributed by atoms with Crippen LogP contribution in [0.15, 0.2) is 23.3 Å². The van der Waals surface area contributed by atoms with Gasteiger partial charge in [0.1, 0.15) is 0 Å². The Bertz CT molecular complexity index is 404. The van der Waals surface area contributed by atoms with Crippen molar-refractivity contribution in [3.63, 3.8) is 0 Å². The first-order valence-corrected chi connectivity index (χ1v) is 8.13. The van der Waals surface area contributed by atoms with Crippen molar-refractivity contribution in [2.75, 3.05) is 13.2 Å². The zero-order valence-corrected chi connectivity index (χ0v) is 14.2. The minimum atomic E-state index is -0.388. The van der Waals surface area contributed by atoms with Crippen molar-refractivity contribution in [1.82, 2.24) is 0 Å². The molecule has 4 nitrogen and oxygen atoms in total. The van der Waals surface area contributed by atoms with Crippen molar-refractivity contribution >= 4 is 11.9 Å². The van der Waals surface area contributed by atoms with E-state index in [0.717, 1.165) is 12.8 Å². The van der Waals surface area contributed by atoms with E-state index in [1.807, 2.05) is 12.2 Å². The zero-order valence-electron chi connectivity index (χ0n) is 14.2. The molecule has 1 aliphatic carbocycles. The molecule has 0 N–H and O–H groups in total. The van der Waals surface area contributed by atoms with Gasteiger partial charge in [-0.1, -0.05) is 39.8 Å². The van der Waals surface area contributed by atoms with Gasteiger partial charge in [0.25, 0.3) is 0 Å². The largest absolute Gasteiger partial charge is 0.462 e. The molecule has 0 bridgehead atoms. The van der Waals surface area contributed by atoms with Crippen LogP contribution in [0.3, 0.4) is 0 Å². The van der Waals surface area contributed by atoms with E-state index in [0.29, 0.717) is 49.0 Å². The first-order valence-electron chi connectivity index (χ1n) is 8.13. The summed E-state index contributed by atoms with van der Waals surface area (Å²) in [6.45, 7) is 9.09. The number of allylic oxidation sites excluding steroid dienone is 2. The molecule has 0 spiro atoms. The average molecular weight is 308 g/mol. The summed E-state index contributed by atoms with van der Waals surface area (Å²) in [7, 11) is 0. The van der Waals surface area contributed by atoms with Gasteiger partial charge in [0, 0.05) is 0 Å². The van der Waals surface area contributed by atoms with Crippen molar-refractivity contribution in [3.8, 4) is 0 Å². The second-order valence-electron chi connectivity index (χ2n) is 6.47. The van der Waals surface area contributed by atoms with Crippen LogP contribution in [0.1, 0.15) is 53.4 Å². The summed E-state index contributed by atoms with van der Waals surface area (Å²) in [6, 6.07) is 0. The van der Waals surface area contributed by atoms with Gasteiger partial charge in [0.15, 0.2) is 0 Å². The summed E-state index contributed by atoms with van der Waals surface area (Å²) >= 11 is 0. The second kappa shape index (κ2) is 9.44. The predicted molar refractivity (Wildman–Crippen MR) is 86.2 cm³/mol. The number of hydrogen-bond donors (Lipinski definition) is 0. The van der Waals surface area contributed by atoms with E-state index in [2.05, 4.69) is 27.7 Å². The number of rotatable bonds is 8. The van der Waals surface area contributed by atoms with Gasteiger partial charge in [-0.15, -0.1) is 0 Å². The van der Waals surface area contributed by atoms with Crippen molar-refractivity contribution in [2.45, 2.75) is 53.4 Å². The molecular weight excluding hydrogens is 280 g/mol. The maximum Gasteiger partial charge on any atom is 0.334 e. The standard InChI is InChI=1S/C18H28O4/c1-13(2)9-11-21-17(19)15-7-5-6-8-16(15)18(20)22-12-10-14(3)4/h5-6,13-14H,7-12H2,1-4H3. The summed E-state index contributed by atoms with van der Waals surface area (Å²) < 4.78 is 10.6. The zero-order chi connectivity index (χ0) is 16.5. The van der Waals surface area contributed by atoms with Gasteiger partial charge in [-0.2, -0.15) is 0 Å². The lowest BCUT2D eigenvalue weighted by Gasteiger charge is -2.16. The molecule has 0 aliphatic heterocycles. The molecule has 4 heteroatoms. The van der Waals surface area contributed by atoms with Gasteiger partial charge < -0.3 is 9.47 Å². The Morgan fingerprint density at radius 1 is 0.864 bits per heavy atom. The van der Waals surface area contributed by atoms with Crippen LogP contribution in [0.4, 0.5) is 0 Å². The highest BCUT2D eigenvalue weighted by molar-refractivity contribution is 6.01. The molecule has 0 radical (unpaired) electrons. The molecule has 0 fully saturated rings. The second-order valence-corrected chi connectivity index (χ2v) is 6.47. The van der Waals surface area contributed by atoms with E-state index in [-0.39, 0.29) is 11.9 Å². The number of carbonyl (C=O) groups is 2. The first-order chi connectivity index (χ1) is 10.4. The number of ether oxygens (including phenoxy) is 2. The molecular formula is C18H28O4. The summed E-state index contributed by atoms with van der Waals surface area (Å²) in [6.07, 6.45) is 6.31. The van der Waals surface area contributed by atoms with Gasteiger partial charge in [0.2, 0.25) is 0 Å². The highest BCUT2D eigenvalue weighted by atomic mass is 16.5. The molecule has 0 heterocycles. The topological polar surface area (TPSA) is 52.6 Å². The molecule has 0 aromatic rings. The Hall–Kier alpha value is -1.58. The van der Waals surface area contributed by atoms with E-state index < -0.39 is 0 Å². The summed E-state index contributed by atoms with van der Waals surface area (Å²) in [5, 5.41) is 0. The van der Waals surface area contributed by atoms with Crippen LogP contribution in [0.2, 0.25) is 0 Å². The molecule has 1 rings (SSSR count). The third-order valence-corrected chi connectivity index (χ3v) is 3.52. The highest BCUT2D eigenvalue weighted by Crippen LogP contribution is 2.22. The minimum Gasteiger partial charge on any atom is -0.462 e. The smallest absolute Gasteiger partial charge is 0.334 e. The fourth-order valence-corrected chi connectivity index (χ4v) is 2.01. The van der Waals surface area contributed by atoms with Crippen molar-refractivity contribution < 1.29 is 19.1 Å². The van der Waals surface area contributed by atoms with Crippen molar-refractivity contribution in [2.24, 2.45) is 11.8 Å². The maximum atomic E-state index is 12.2. The molecule has 0 aromatic carbocycles. The van der Waals surface area contributed by atoms with Crippen LogP contribution in [-0.4, -0.2) is 25.2 Å². The predicted octanol–water partition coefficient (Wildman–Crippen LogP) is 3.81. The van der Waals surface area contributed by atoms with Gasteiger partial charge in [-0.25, -0.2) is 9.59 Å². The summed E-state index contributed by atoms with van der Waals surface area (Å²) in [5.41, 5.74) is 0.890. The van der Waals surface area contributed by atoms with Gasteiger partial charge >= 0.3 is 11.9 Å². The molecule has 0 saturated carbocycles. The lowest BCUT2D eigenvalue weighted by molar-refractivity contribution is -0.142. The fraction of sp³-hybridized carbons (Fsp3) is 0.667. The third kappa shape index (κ3) is 6.46. The quantitative estimate of drug-likeness (QED) is 0.505. The lowest BCUT2D eigenvalue weighted by atomic mass is 9.97. The van der Waals surface area contributed by atoms with E-state index in [1.165, 1.54) is 0 Å². The number of hydrogen-bond acceptors (Lipinski definition) is 4. The van der Waals surface area contributed by atoms with E-state index in [9.17, 15) is 9.59 Å². The van der Waals surface area contributed by atoms with E-state index >= 15 is 0 Å². The monoisotopic (exact) mass is 308 g/mol. The Morgan fingerprint density at radius 3 is 1.55 bits per heavy atom. The van der Waals surface area contributed by atoms with Crippen LogP contribution >= 0.6 is 0 Å². The van der Waals surface area contributed by atoms with Crippen LogP contribution in [-0.2, 0) is 19.1 Å². The van der Waals surface area contributed by atoms with Crippen LogP contribution in [0, 0.1) is 11.8 Å². The Labute approximate surface area is 133 Å². The Morgan fingerprint density at radius 2 is 1.23 bits per heavy atom. The van der Waals surface area contributed by atoms with Crippen LogP contribution in [0.25, 0.3) is 0 Å². The van der Waals surface area contributed by atoms with Gasteiger partial charge in [0.05, 0.1) is 24.4 Å². The van der Waals surface area contributed by atoms with E-state index in [1.54, 1.807) is 0 Å². The Balaban J connectivity index is 2.63. The molecule has 0 amide bonds. The molecule has 0 aromatic heterocycles. The summed E-state index contributed by atoms with van der Waals surface area (Å²) in [5.74, 6) is 0.184. The maximum absolute atomic E-state index is 12.2. The fourth-order valence-electron chi connectivity index (χ4n) is 2.01. The summed E-state index contributed by atoms with van der Waals surface area (Å²) in [4.78, 5) is 24.3. The first kappa shape index (κ1) is 18.5. The molecule has 22 heavy (non-hydrogen) atoms. The van der Waals surface area contributed by atoms with E-state index in [4.69, 9.17) is 9.47 Å². The molecule has 0 atom stereocenters. The lowest BCUT2D eigenvalue weighted by Crippen LogP contribution is -2.19. The number of carbonyl (C=O) groups excluding carboxylic acids is 2. The molecule has 0 unspecified atom stereocenters. The van der Waals surface area contributed by atoms with Crippen molar-refractivity contribution in [1.29, 1.82) is 0 Å². The molecule has 1 aliphatic rings. The average Bonchev–Trinajstić information content (AvgIpc) is 2.46.